The van der Waals surface area contributed by atoms with Crippen LogP contribution in [0, 0.1) is 5.82 Å². The van der Waals surface area contributed by atoms with Crippen molar-refractivity contribution in [1.82, 2.24) is 4.90 Å². The maximum Gasteiger partial charge on any atom is 0.241 e. The van der Waals surface area contributed by atoms with Crippen LogP contribution in [0.15, 0.2) is 24.3 Å². The maximum atomic E-state index is 12.9. The molecule has 1 fully saturated rings. The number of carbonyl (C=O) groups is 1. The molecule has 5 heteroatoms. The fraction of sp³-hybridized carbons (Fsp3) is 0.533. The summed E-state index contributed by atoms with van der Waals surface area (Å²) in [5.74, 6) is -0.323. The molecule has 1 saturated heterocycles. The van der Waals surface area contributed by atoms with Gasteiger partial charge in [0.2, 0.25) is 5.91 Å². The van der Waals surface area contributed by atoms with Gasteiger partial charge in [0.25, 0.3) is 0 Å². The third kappa shape index (κ3) is 3.35. The number of carbonyl (C=O) groups excluding carboxylic acids is 1. The quantitative estimate of drug-likeness (QED) is 0.891. The summed E-state index contributed by atoms with van der Waals surface area (Å²) in [6.45, 7) is 3.68. The Bertz CT molecular complexity index is 450. The zero-order chi connectivity index (χ0) is 14.5. The van der Waals surface area contributed by atoms with E-state index in [2.05, 4.69) is 0 Å². The molecular formula is C15H21FN2O2. The molecule has 0 bridgehead atoms. The lowest BCUT2D eigenvalue weighted by molar-refractivity contribution is -0.120. The molecule has 2 rings (SSSR count). The van der Waals surface area contributed by atoms with Crippen molar-refractivity contribution < 1.29 is 14.3 Å². The number of rotatable bonds is 5. The van der Waals surface area contributed by atoms with Crippen LogP contribution in [0.25, 0.3) is 0 Å². The molecule has 0 spiro atoms. The van der Waals surface area contributed by atoms with Crippen molar-refractivity contribution >= 4 is 11.6 Å². The van der Waals surface area contributed by atoms with Crippen molar-refractivity contribution in [2.24, 2.45) is 0 Å². The Balaban J connectivity index is 2.03. The summed E-state index contributed by atoms with van der Waals surface area (Å²) in [5.41, 5.74) is 0.707. The van der Waals surface area contributed by atoms with Crippen molar-refractivity contribution in [3.8, 4) is 0 Å². The normalized spacial score (nSPS) is 19.2. The van der Waals surface area contributed by atoms with Gasteiger partial charge in [0.1, 0.15) is 5.82 Å². The Labute approximate surface area is 118 Å². The van der Waals surface area contributed by atoms with Crippen LogP contribution in [-0.2, 0) is 4.79 Å². The van der Waals surface area contributed by atoms with Gasteiger partial charge in [-0.1, -0.05) is 0 Å². The van der Waals surface area contributed by atoms with E-state index in [1.54, 1.807) is 17.0 Å². The fourth-order valence-electron chi connectivity index (χ4n) is 2.69. The van der Waals surface area contributed by atoms with E-state index < -0.39 is 0 Å². The van der Waals surface area contributed by atoms with E-state index in [9.17, 15) is 14.3 Å². The van der Waals surface area contributed by atoms with Gasteiger partial charge in [0.15, 0.2) is 0 Å². The van der Waals surface area contributed by atoms with Crippen LogP contribution in [0.4, 0.5) is 10.1 Å². The molecule has 1 unspecified atom stereocenters. The Hall–Kier alpha value is -1.46. The molecule has 1 aromatic rings. The highest BCUT2D eigenvalue weighted by Gasteiger charge is 2.27. The lowest BCUT2D eigenvalue weighted by Gasteiger charge is -2.27. The van der Waals surface area contributed by atoms with Crippen LogP contribution >= 0.6 is 0 Å². The summed E-state index contributed by atoms with van der Waals surface area (Å²) in [7, 11) is 0. The zero-order valence-corrected chi connectivity index (χ0v) is 11.8. The lowest BCUT2D eigenvalue weighted by atomic mass is 10.2. The molecule has 0 aliphatic carbocycles. The van der Waals surface area contributed by atoms with Gasteiger partial charge < -0.3 is 10.0 Å². The van der Waals surface area contributed by atoms with Gasteiger partial charge in [0.05, 0.1) is 13.2 Å². The second kappa shape index (κ2) is 6.81. The van der Waals surface area contributed by atoms with Crippen molar-refractivity contribution in [2.75, 3.05) is 31.1 Å². The first-order valence-electron chi connectivity index (χ1n) is 7.06. The van der Waals surface area contributed by atoms with E-state index >= 15 is 0 Å². The first kappa shape index (κ1) is 14.9. The number of benzene rings is 1. The molecule has 20 heavy (non-hydrogen) atoms. The van der Waals surface area contributed by atoms with E-state index in [0.29, 0.717) is 18.8 Å². The molecule has 4 nitrogen and oxygen atoms in total. The van der Waals surface area contributed by atoms with Crippen LogP contribution in [0.2, 0.25) is 0 Å². The molecule has 0 saturated carbocycles. The summed E-state index contributed by atoms with van der Waals surface area (Å²) >= 11 is 0. The summed E-state index contributed by atoms with van der Waals surface area (Å²) in [4.78, 5) is 16.1. The van der Waals surface area contributed by atoms with Gasteiger partial charge in [-0.25, -0.2) is 4.39 Å². The molecule has 1 amide bonds. The number of aliphatic hydroxyl groups excluding tert-OH is 1. The number of likely N-dealkylation sites (N-methyl/N-ethyl adjacent to an activating group) is 1. The molecule has 0 radical (unpaired) electrons. The Morgan fingerprint density at radius 2 is 2.15 bits per heavy atom. The minimum absolute atomic E-state index is 0.0144. The van der Waals surface area contributed by atoms with Crippen molar-refractivity contribution in [2.45, 2.75) is 25.8 Å². The number of aliphatic hydroxyl groups is 1. The highest BCUT2D eigenvalue weighted by atomic mass is 19.1. The van der Waals surface area contributed by atoms with Crippen LogP contribution in [-0.4, -0.2) is 48.2 Å². The third-order valence-electron chi connectivity index (χ3n) is 3.80. The van der Waals surface area contributed by atoms with Crippen molar-refractivity contribution in [3.63, 3.8) is 0 Å². The van der Waals surface area contributed by atoms with Crippen molar-refractivity contribution in [1.29, 1.82) is 0 Å². The average molecular weight is 280 g/mol. The van der Waals surface area contributed by atoms with Gasteiger partial charge >= 0.3 is 0 Å². The molecule has 1 atom stereocenters. The molecule has 1 aliphatic rings. The Kier molecular flexibility index (Phi) is 5.09. The minimum Gasteiger partial charge on any atom is -0.395 e. The second-order valence-electron chi connectivity index (χ2n) is 5.06. The highest BCUT2D eigenvalue weighted by Crippen LogP contribution is 2.19. The third-order valence-corrected chi connectivity index (χ3v) is 3.80. The number of likely N-dealkylation sites (tertiary alicyclic amines) is 1. The number of hydrogen-bond donors (Lipinski definition) is 1. The SMILES string of the molecule is CCN(C(=O)CN1CCCC1CO)c1ccc(F)cc1. The molecular weight excluding hydrogens is 259 g/mol. The van der Waals surface area contributed by atoms with E-state index in [1.165, 1.54) is 12.1 Å². The Morgan fingerprint density at radius 1 is 1.45 bits per heavy atom. The van der Waals surface area contributed by atoms with Gasteiger partial charge in [-0.2, -0.15) is 0 Å². The van der Waals surface area contributed by atoms with Crippen LogP contribution in [0.5, 0.6) is 0 Å². The number of anilines is 1. The summed E-state index contributed by atoms with van der Waals surface area (Å²) in [5, 5.41) is 9.28. The molecule has 1 aromatic carbocycles. The lowest BCUT2D eigenvalue weighted by Crippen LogP contribution is -2.43. The standard InChI is InChI=1S/C15H21FN2O2/c1-2-18(13-7-5-12(16)6-8-13)15(20)10-17-9-3-4-14(17)11-19/h5-8,14,19H,2-4,9-11H2,1H3. The molecule has 1 N–H and O–H groups in total. The Morgan fingerprint density at radius 3 is 2.75 bits per heavy atom. The molecule has 0 aromatic heterocycles. The highest BCUT2D eigenvalue weighted by molar-refractivity contribution is 5.94. The predicted molar refractivity (Wildman–Crippen MR) is 76.1 cm³/mol. The monoisotopic (exact) mass is 280 g/mol. The average Bonchev–Trinajstić information content (AvgIpc) is 2.89. The second-order valence-corrected chi connectivity index (χ2v) is 5.06. The number of hydrogen-bond acceptors (Lipinski definition) is 3. The van der Waals surface area contributed by atoms with Crippen molar-refractivity contribution in [3.05, 3.63) is 30.1 Å². The molecule has 110 valence electrons. The van der Waals surface area contributed by atoms with Crippen LogP contribution < -0.4 is 4.90 Å². The summed E-state index contributed by atoms with van der Waals surface area (Å²) in [6, 6.07) is 6.04. The number of amides is 1. The predicted octanol–water partition coefficient (Wildman–Crippen LogP) is 1.64. The fourth-order valence-corrected chi connectivity index (χ4v) is 2.69. The first-order chi connectivity index (χ1) is 9.65. The molecule has 1 aliphatic heterocycles. The van der Waals surface area contributed by atoms with E-state index in [4.69, 9.17) is 0 Å². The zero-order valence-electron chi connectivity index (χ0n) is 11.8. The largest absolute Gasteiger partial charge is 0.395 e. The van der Waals surface area contributed by atoms with E-state index in [-0.39, 0.29) is 24.4 Å². The summed E-state index contributed by atoms with van der Waals surface area (Å²) in [6.07, 6.45) is 1.95. The number of nitrogens with zero attached hydrogens (tertiary/aromatic N) is 2. The van der Waals surface area contributed by atoms with Gasteiger partial charge in [-0.05, 0) is 50.6 Å². The van der Waals surface area contributed by atoms with Crippen LogP contribution in [0.3, 0.4) is 0 Å². The van der Waals surface area contributed by atoms with Gasteiger partial charge in [-0.15, -0.1) is 0 Å². The molecule has 1 heterocycles. The van der Waals surface area contributed by atoms with Gasteiger partial charge in [0, 0.05) is 18.3 Å². The maximum absolute atomic E-state index is 12.9. The van der Waals surface area contributed by atoms with Crippen LogP contribution in [0.1, 0.15) is 19.8 Å². The smallest absolute Gasteiger partial charge is 0.241 e. The first-order valence-corrected chi connectivity index (χ1v) is 7.06. The van der Waals surface area contributed by atoms with E-state index in [0.717, 1.165) is 19.4 Å². The summed E-state index contributed by atoms with van der Waals surface area (Å²) < 4.78 is 12.9. The van der Waals surface area contributed by atoms with E-state index in [1.807, 2.05) is 11.8 Å². The topological polar surface area (TPSA) is 43.8 Å². The minimum atomic E-state index is -0.308. The number of halogens is 1. The van der Waals surface area contributed by atoms with Gasteiger partial charge in [-0.3, -0.25) is 9.69 Å².